The molecule has 3 rings (SSSR count). The maximum Gasteiger partial charge on any atom is 0.281 e. The third kappa shape index (κ3) is 3.07. The third-order valence-corrected chi connectivity index (χ3v) is 4.50. The monoisotopic (exact) mass is 402 g/mol. The van der Waals surface area contributed by atoms with Crippen LogP contribution in [0.25, 0.3) is 6.08 Å². The van der Waals surface area contributed by atoms with E-state index in [9.17, 15) is 4.79 Å². The maximum atomic E-state index is 12.8. The molecule has 2 aromatic rings. The fourth-order valence-electron chi connectivity index (χ4n) is 2.54. The lowest BCUT2D eigenvalue weighted by atomic mass is 10.1. The molecule has 0 unspecified atom stereocenters. The van der Waals surface area contributed by atoms with Crippen LogP contribution in [0.5, 0.6) is 5.75 Å². The molecule has 1 saturated heterocycles. The van der Waals surface area contributed by atoms with E-state index in [-0.39, 0.29) is 5.91 Å². The minimum atomic E-state index is -0.184. The van der Waals surface area contributed by atoms with Crippen LogP contribution in [0.3, 0.4) is 0 Å². The van der Waals surface area contributed by atoms with Crippen LogP contribution in [-0.2, 0) is 4.79 Å². The van der Waals surface area contributed by atoms with Gasteiger partial charge >= 0.3 is 0 Å². The molecular weight excluding hydrogens is 388 g/mol. The number of benzene rings is 2. The summed E-state index contributed by atoms with van der Waals surface area (Å²) in [5.41, 5.74) is 2.97. The normalized spacial score (nSPS) is 15.8. The molecule has 1 aliphatic heterocycles. The van der Waals surface area contributed by atoms with E-state index in [0.717, 1.165) is 21.3 Å². The Labute approximate surface area is 154 Å². The molecule has 24 heavy (non-hydrogen) atoms. The molecular formula is C18H15BrN2O2S. The molecule has 0 bridgehead atoms. The summed E-state index contributed by atoms with van der Waals surface area (Å²) in [6, 6.07) is 13.3. The second kappa shape index (κ2) is 6.75. The lowest BCUT2D eigenvalue weighted by Gasteiger charge is -2.16. The number of hydrogen-bond acceptors (Lipinski definition) is 3. The highest BCUT2D eigenvalue weighted by atomic mass is 79.9. The van der Waals surface area contributed by atoms with Crippen molar-refractivity contribution in [2.45, 2.75) is 6.92 Å². The fraction of sp³-hybridized carbons (Fsp3) is 0.111. The van der Waals surface area contributed by atoms with E-state index in [0.29, 0.717) is 16.6 Å². The van der Waals surface area contributed by atoms with E-state index in [1.54, 1.807) is 13.2 Å². The maximum absolute atomic E-state index is 12.8. The first-order valence-corrected chi connectivity index (χ1v) is 8.47. The van der Waals surface area contributed by atoms with E-state index >= 15 is 0 Å². The Hall–Kier alpha value is -2.18. The standard InChI is InChI=1S/C18H15BrN2O2S/c1-11-5-3-4-6-15(11)21-17(22)14(20-18(21)24)10-12-9-13(19)7-8-16(12)23-2/h3-10H,1-2H3,(H,20,24)/b14-10-. The van der Waals surface area contributed by atoms with Gasteiger partial charge in [-0.3, -0.25) is 9.69 Å². The number of halogens is 1. The van der Waals surface area contributed by atoms with Gasteiger partial charge in [0.2, 0.25) is 0 Å². The van der Waals surface area contributed by atoms with Crippen molar-refractivity contribution in [3.63, 3.8) is 0 Å². The summed E-state index contributed by atoms with van der Waals surface area (Å²) in [5, 5.41) is 3.37. The molecule has 4 nitrogen and oxygen atoms in total. The molecule has 122 valence electrons. The van der Waals surface area contributed by atoms with Crippen LogP contribution in [-0.4, -0.2) is 18.1 Å². The molecule has 1 amide bonds. The SMILES string of the molecule is COc1ccc(Br)cc1/C=C1\NC(=S)N(c2ccccc2C)C1=O. The second-order valence-corrected chi connectivity index (χ2v) is 6.60. The highest BCUT2D eigenvalue weighted by molar-refractivity contribution is 9.10. The Morgan fingerprint density at radius 2 is 2.00 bits per heavy atom. The Balaban J connectivity index is 2.01. The Bertz CT molecular complexity index is 864. The van der Waals surface area contributed by atoms with E-state index in [2.05, 4.69) is 21.2 Å². The molecule has 0 aliphatic carbocycles. The van der Waals surface area contributed by atoms with E-state index in [4.69, 9.17) is 17.0 Å². The van der Waals surface area contributed by atoms with Crippen molar-refractivity contribution in [1.82, 2.24) is 5.32 Å². The van der Waals surface area contributed by atoms with Gasteiger partial charge in [-0.2, -0.15) is 0 Å². The molecule has 0 radical (unpaired) electrons. The van der Waals surface area contributed by atoms with E-state index in [1.807, 2.05) is 49.4 Å². The quantitative estimate of drug-likeness (QED) is 0.621. The highest BCUT2D eigenvalue weighted by Gasteiger charge is 2.32. The van der Waals surface area contributed by atoms with E-state index in [1.165, 1.54) is 4.90 Å². The fourth-order valence-corrected chi connectivity index (χ4v) is 3.21. The van der Waals surface area contributed by atoms with Gasteiger partial charge in [0, 0.05) is 10.0 Å². The van der Waals surface area contributed by atoms with Gasteiger partial charge in [-0.05, 0) is 55.0 Å². The average Bonchev–Trinajstić information content (AvgIpc) is 2.82. The summed E-state index contributed by atoms with van der Waals surface area (Å²) in [6.07, 6.45) is 1.75. The van der Waals surface area contributed by atoms with Crippen molar-refractivity contribution in [2.24, 2.45) is 0 Å². The summed E-state index contributed by atoms with van der Waals surface area (Å²) in [4.78, 5) is 14.3. The number of methoxy groups -OCH3 is 1. The molecule has 1 aliphatic rings. The smallest absolute Gasteiger partial charge is 0.281 e. The largest absolute Gasteiger partial charge is 0.496 e. The number of carbonyl (C=O) groups excluding carboxylic acids is 1. The number of para-hydroxylation sites is 1. The van der Waals surface area contributed by atoms with Crippen LogP contribution < -0.4 is 15.0 Å². The van der Waals surface area contributed by atoms with Gasteiger partial charge in [0.15, 0.2) is 5.11 Å². The molecule has 0 aromatic heterocycles. The first kappa shape index (κ1) is 16.7. The zero-order valence-corrected chi connectivity index (χ0v) is 15.6. The molecule has 2 aromatic carbocycles. The average molecular weight is 403 g/mol. The Kier molecular flexibility index (Phi) is 4.69. The van der Waals surface area contributed by atoms with Crippen LogP contribution in [0.1, 0.15) is 11.1 Å². The predicted octanol–water partition coefficient (Wildman–Crippen LogP) is 4.03. The third-order valence-electron chi connectivity index (χ3n) is 3.73. The van der Waals surface area contributed by atoms with Crippen molar-refractivity contribution in [3.8, 4) is 5.75 Å². The number of aryl methyl sites for hydroxylation is 1. The van der Waals surface area contributed by atoms with Crippen LogP contribution >= 0.6 is 28.1 Å². The van der Waals surface area contributed by atoms with Gasteiger partial charge < -0.3 is 10.1 Å². The minimum absolute atomic E-state index is 0.184. The number of nitrogens with one attached hydrogen (secondary N) is 1. The van der Waals surface area contributed by atoms with Gasteiger partial charge in [-0.15, -0.1) is 0 Å². The van der Waals surface area contributed by atoms with Gasteiger partial charge in [-0.25, -0.2) is 0 Å². The van der Waals surface area contributed by atoms with E-state index < -0.39 is 0 Å². The summed E-state index contributed by atoms with van der Waals surface area (Å²) in [7, 11) is 1.60. The van der Waals surface area contributed by atoms with Gasteiger partial charge in [-0.1, -0.05) is 34.1 Å². The van der Waals surface area contributed by atoms with Crippen LogP contribution in [0.15, 0.2) is 52.6 Å². The summed E-state index contributed by atoms with van der Waals surface area (Å²) in [5.74, 6) is 0.497. The lowest BCUT2D eigenvalue weighted by molar-refractivity contribution is -0.113. The first-order chi connectivity index (χ1) is 11.5. The zero-order valence-electron chi connectivity index (χ0n) is 13.2. The molecule has 1 fully saturated rings. The first-order valence-electron chi connectivity index (χ1n) is 7.27. The van der Waals surface area contributed by atoms with Crippen molar-refractivity contribution in [1.29, 1.82) is 0 Å². The highest BCUT2D eigenvalue weighted by Crippen LogP contribution is 2.28. The number of rotatable bonds is 3. The van der Waals surface area contributed by atoms with Crippen molar-refractivity contribution in [3.05, 3.63) is 63.8 Å². The van der Waals surface area contributed by atoms with Gasteiger partial charge in [0.1, 0.15) is 11.4 Å². The topological polar surface area (TPSA) is 41.6 Å². The molecule has 0 spiro atoms. The number of hydrogen-bond donors (Lipinski definition) is 1. The minimum Gasteiger partial charge on any atom is -0.496 e. The van der Waals surface area contributed by atoms with Crippen LogP contribution in [0, 0.1) is 6.92 Å². The second-order valence-electron chi connectivity index (χ2n) is 5.30. The Morgan fingerprint density at radius 1 is 1.25 bits per heavy atom. The van der Waals surface area contributed by atoms with Gasteiger partial charge in [0.25, 0.3) is 5.91 Å². The van der Waals surface area contributed by atoms with Gasteiger partial charge in [0.05, 0.1) is 12.8 Å². The van der Waals surface area contributed by atoms with Crippen molar-refractivity contribution in [2.75, 3.05) is 12.0 Å². The van der Waals surface area contributed by atoms with Crippen molar-refractivity contribution >= 4 is 50.9 Å². The van der Waals surface area contributed by atoms with Crippen LogP contribution in [0.4, 0.5) is 5.69 Å². The predicted molar refractivity (Wildman–Crippen MR) is 103 cm³/mol. The Morgan fingerprint density at radius 3 is 2.71 bits per heavy atom. The molecule has 6 heteroatoms. The number of anilines is 1. The molecule has 0 saturated carbocycles. The number of ether oxygens (including phenoxy) is 1. The number of nitrogens with zero attached hydrogens (tertiary/aromatic N) is 1. The van der Waals surface area contributed by atoms with Crippen LogP contribution in [0.2, 0.25) is 0 Å². The number of amides is 1. The molecule has 0 atom stereocenters. The summed E-state index contributed by atoms with van der Waals surface area (Å²) < 4.78 is 6.25. The number of thiocarbonyl (C=S) groups is 1. The molecule has 1 N–H and O–H groups in total. The summed E-state index contributed by atoms with van der Waals surface area (Å²) >= 11 is 8.79. The molecule has 1 heterocycles. The summed E-state index contributed by atoms with van der Waals surface area (Å²) in [6.45, 7) is 1.95. The van der Waals surface area contributed by atoms with Crippen molar-refractivity contribution < 1.29 is 9.53 Å². The lowest BCUT2D eigenvalue weighted by Crippen LogP contribution is -2.30. The zero-order chi connectivity index (χ0) is 17.3. The number of carbonyl (C=O) groups is 1.